The summed E-state index contributed by atoms with van der Waals surface area (Å²) < 4.78 is 409. The molecule has 6 saturated carbocycles. The van der Waals surface area contributed by atoms with E-state index in [2.05, 4.69) is 104 Å². The second kappa shape index (κ2) is 52.2. The molecule has 838 valence electrons. The van der Waals surface area contributed by atoms with Gasteiger partial charge in [0.2, 0.25) is 0 Å². The smallest absolute Gasteiger partial charge is 0.435 e. The minimum Gasteiger partial charge on any atom is -0.508 e. The van der Waals surface area contributed by atoms with Crippen molar-refractivity contribution in [1.82, 2.24) is 19.4 Å². The molecule has 0 bridgehead atoms. The first kappa shape index (κ1) is 129. The molecule has 9 aliphatic rings. The molecule has 47 heteroatoms. The Morgan fingerprint density at radius 2 is 0.658 bits per heavy atom. The summed E-state index contributed by atoms with van der Waals surface area (Å²) in [5.74, 6) is 5.98. The molecular weight excluding hydrogens is 2360 g/mol. The van der Waals surface area contributed by atoms with Crippen molar-refractivity contribution in [3.63, 3.8) is 0 Å². The van der Waals surface area contributed by atoms with Crippen LogP contribution >= 0.6 is 8.53 Å². The number of nitriles is 1. The average Bonchev–Trinajstić information content (AvgIpc) is 1.55. The number of hydrogen-bond acceptors (Lipinski definition) is 17. The molecule has 2 N–H and O–H groups in total. The van der Waals surface area contributed by atoms with Crippen LogP contribution in [0.5, 0.6) is 17.2 Å². The van der Waals surface area contributed by atoms with Gasteiger partial charge in [-0.1, -0.05) is 39.0 Å². The van der Waals surface area contributed by atoms with Crippen LogP contribution in [-0.4, -0.2) is 265 Å². The van der Waals surface area contributed by atoms with Crippen LogP contribution in [0.2, 0.25) is 0 Å². The van der Waals surface area contributed by atoms with Crippen LogP contribution in [0, 0.1) is 70.5 Å². The Morgan fingerprint density at radius 1 is 0.377 bits per heavy atom. The van der Waals surface area contributed by atoms with Crippen molar-refractivity contribution in [2.75, 3.05) is 133 Å². The zero-order valence-electron chi connectivity index (χ0n) is 83.7. The zero-order valence-corrected chi connectivity index (χ0v) is 90.5. The van der Waals surface area contributed by atoms with E-state index in [1.54, 1.807) is 6.07 Å². The number of halogens is 27. The molecule has 9 aliphatic carbocycles. The minimum atomic E-state index is -6.75. The van der Waals surface area contributed by atoms with Gasteiger partial charge >= 0.3 is 72.4 Å². The van der Waals surface area contributed by atoms with Gasteiger partial charge in [0.25, 0.3) is 8.53 Å². The average molecular weight is 2500 g/mol. The number of unbranched alkanes of at least 4 members (excludes halogenated alkanes) is 2. The maximum Gasteiger partial charge on any atom is 0.435 e. The number of aryl methyl sites for hydroxylation is 3. The Morgan fingerprint density at radius 3 is 0.952 bits per heavy atom. The van der Waals surface area contributed by atoms with Crippen LogP contribution < -0.4 is 9.47 Å². The molecule has 10 unspecified atom stereocenters. The molecule has 3 aromatic carbocycles. The Balaban J connectivity index is 0.000000299. The van der Waals surface area contributed by atoms with Crippen molar-refractivity contribution in [3.05, 3.63) is 95.4 Å². The molecule has 0 aromatic heterocycles. The summed E-state index contributed by atoms with van der Waals surface area (Å²) in [5.41, 5.74) is -11.2. The number of ether oxygens (including phenoxy) is 8. The fourth-order valence-corrected chi connectivity index (χ4v) is 26.1. The van der Waals surface area contributed by atoms with Gasteiger partial charge in [0, 0.05) is 100 Å². The Bertz CT molecular complexity index is 4430. The molecular formula is C99H138F27N5O12PW2-. The zero-order chi connectivity index (χ0) is 106. The first-order valence-corrected chi connectivity index (χ1v) is 50.2. The molecule has 17 nitrogen and oxygen atoms in total. The van der Waals surface area contributed by atoms with E-state index in [-0.39, 0.29) is 148 Å². The maximum absolute atomic E-state index is 13.2. The minimum absolute atomic E-state index is 0. The van der Waals surface area contributed by atoms with Gasteiger partial charge in [0.1, 0.15) is 17.2 Å². The van der Waals surface area contributed by atoms with Crippen molar-refractivity contribution in [1.29, 1.82) is 5.26 Å². The molecule has 0 amide bonds. The Kier molecular flexibility index (Phi) is 46.1. The number of aliphatic hydroxyl groups is 1. The van der Waals surface area contributed by atoms with Crippen molar-refractivity contribution in [2.45, 2.75) is 317 Å². The van der Waals surface area contributed by atoms with Gasteiger partial charge in [-0.25, -0.2) is 4.67 Å². The summed E-state index contributed by atoms with van der Waals surface area (Å²) in [4.78, 5) is 3.88. The first-order valence-electron chi connectivity index (χ1n) is 49.0. The van der Waals surface area contributed by atoms with Crippen LogP contribution in [-0.2, 0) is 98.9 Å². The molecule has 0 radical (unpaired) electrons. The molecule has 6 fully saturated rings. The van der Waals surface area contributed by atoms with Gasteiger partial charge in [0.05, 0.1) is 96.9 Å². The van der Waals surface area contributed by atoms with Crippen LogP contribution in [0.3, 0.4) is 0 Å². The number of phenolic OH excluding ortho intramolecular Hbond substituents is 1. The van der Waals surface area contributed by atoms with Crippen LogP contribution in [0.25, 0.3) is 0 Å². The second-order valence-electron chi connectivity index (χ2n) is 41.0. The molecule has 0 saturated heterocycles. The normalized spacial score (nSPS) is 26.2. The van der Waals surface area contributed by atoms with Gasteiger partial charge in [0.15, 0.2) is 0 Å². The second-order valence-corrected chi connectivity index (χ2v) is 42.4. The third-order valence-corrected chi connectivity index (χ3v) is 33.8. The van der Waals surface area contributed by atoms with E-state index in [1.165, 1.54) is 69.2 Å². The van der Waals surface area contributed by atoms with Gasteiger partial charge in [-0.15, -0.1) is 0 Å². The number of rotatable bonds is 42. The largest absolute Gasteiger partial charge is 0.508 e. The predicted octanol–water partition coefficient (Wildman–Crippen LogP) is 25.7. The topological polar surface area (TPSA) is 170 Å². The van der Waals surface area contributed by atoms with Crippen LogP contribution in [0.4, 0.5) is 119 Å². The number of aliphatic hydroxyl groups excluding tert-OH is 1. The third kappa shape index (κ3) is 28.7. The van der Waals surface area contributed by atoms with E-state index < -0.39 is 120 Å². The summed E-state index contributed by atoms with van der Waals surface area (Å²) >= 11 is 0. The third-order valence-electron chi connectivity index (χ3n) is 31.7. The fourth-order valence-electron chi connectivity index (χ4n) is 24.4. The van der Waals surface area contributed by atoms with E-state index in [9.17, 15) is 124 Å². The van der Waals surface area contributed by atoms with Gasteiger partial charge in [-0.05, 0) is 329 Å². The summed E-state index contributed by atoms with van der Waals surface area (Å²) in [6, 6.07) is 20.9. The number of aromatic hydroxyl groups is 1. The molecule has 146 heavy (non-hydrogen) atoms. The van der Waals surface area contributed by atoms with E-state index in [1.807, 2.05) is 18.2 Å². The Hall–Kier alpha value is -4.05. The number of alkyl halides is 27. The van der Waals surface area contributed by atoms with Gasteiger partial charge < -0.3 is 79.3 Å². The van der Waals surface area contributed by atoms with E-state index in [0.717, 1.165) is 146 Å². The van der Waals surface area contributed by atoms with E-state index in [0.29, 0.717) is 92.5 Å². The Labute approximate surface area is 866 Å². The monoisotopic (exact) mass is 2500 g/mol. The SMILES string of the molecule is CC(C)N(C(C)C)P(OCCC#N)OCCCCOc1ccc2c(c1)CCC1C2CC[C@@]2(C)C1CC[C@@H]2OCCN(C)CCOC(C(F)(F)F)(C(F)(F)F)C(F)(F)F.CN(CCO[C@H]1CCC2C3CCc4cc(O)ccc4C3CC[C@@]21C)CCOC(C(F)(F)F)(C(F)(F)F)C(F)(F)F.CN(CCO[C@H]1CCC2C3CCc4cc(OCCCCO)ccc4C3CC[C@@]21C)CCOC(C(F)(F)F)(C(F)(F)F)C(F)(F)F.[CH3-].[W].[W]. The number of nitrogens with zero attached hydrogens (tertiary/aromatic N) is 5. The van der Waals surface area contributed by atoms with Gasteiger partial charge in [-0.3, -0.25) is 0 Å². The summed E-state index contributed by atoms with van der Waals surface area (Å²) in [7, 11) is 2.84. The summed E-state index contributed by atoms with van der Waals surface area (Å²) in [6.07, 6.45) is -40.4. The molecule has 3 aromatic rings. The predicted molar refractivity (Wildman–Crippen MR) is 481 cm³/mol. The van der Waals surface area contributed by atoms with Crippen molar-refractivity contribution in [2.24, 2.45) is 51.8 Å². The quantitative estimate of drug-likeness (QED) is 0.0237. The summed E-state index contributed by atoms with van der Waals surface area (Å²) in [6.45, 7) is 11.8. The molecule has 0 aliphatic heterocycles. The van der Waals surface area contributed by atoms with Crippen molar-refractivity contribution >= 4 is 8.53 Å². The van der Waals surface area contributed by atoms with Crippen LogP contribution in [0.15, 0.2) is 54.6 Å². The molecule has 12 rings (SSSR count). The number of hydrogen-bond donors (Lipinski definition) is 2. The standard InChI is InChI=1S/C40H59F9N3O5P.C31H42F9NO4.C27H34F9NO3.CH3.2W/c1-27(2)52(28(3)4)58(57-23-9-18-50)56-22-8-7-21-53-30-11-13-31-29(26-30)10-12-33-32(31)16-17-36(5)34(33)14-15-35(36)54-24-19-51(6)20-25-55-37(38(41,42)43,39(44,45)46)40(47,48)49;1-27-12-11-23-22-8-6-21(43-16-4-3-15-42)19-20(22)5-7-24(23)25(27)9-10-26(27)44-17-13-41(2)14-18-45-28(29(32,33)34,30(35,36)37)31(38,39)40;1-23-10-9-19-18-6-4-17(38)15-16(18)3-5-20(19)21(23)7-8-22(23)39-13-11-37(2)12-14-40-24(25(28,29)30,26(31,32)33)27(34,35)36;;;/h11,13,26-28,32-35H,7-10,12,14-17,19-25H2,1-6H3;6,8,19,23-26,42H,3-5,7,9-18H2,1-2H3;4,6,15,19-22,38H,3,5,7-14H2,1-2H3;1H3;;/q;;;-1;;/t32?,33?,34?,35-,36-,58?;23?,24?,25?,26-,27-;19?,20?,21?,22-,23-;;;/m000.../s1. The molecule has 0 spiro atoms. The number of likely N-dealkylation sites (N-methyl/N-ethyl adjacent to an activating group) is 3. The van der Waals surface area contributed by atoms with E-state index >= 15 is 0 Å². The number of phenols is 1. The molecule has 16 atom stereocenters. The fraction of sp³-hybridized carbons (Fsp3) is 0.798. The van der Waals surface area contributed by atoms with Crippen molar-refractivity contribution < 1.29 is 218 Å². The van der Waals surface area contributed by atoms with Gasteiger partial charge in [-0.2, -0.15) is 124 Å². The van der Waals surface area contributed by atoms with Crippen LogP contribution in [0.1, 0.15) is 228 Å². The van der Waals surface area contributed by atoms with Crippen molar-refractivity contribution in [3.8, 4) is 23.3 Å². The first-order chi connectivity index (χ1) is 66.5. The number of fused-ring (bicyclic) bond motifs is 15. The summed E-state index contributed by atoms with van der Waals surface area (Å²) in [5, 5.41) is 27.7. The molecule has 0 heterocycles. The number of benzene rings is 3. The van der Waals surface area contributed by atoms with E-state index in [4.69, 9.17) is 43.1 Å². The maximum atomic E-state index is 13.2.